The number of hydrogen-bond acceptors (Lipinski definition) is 5. The second-order valence-electron chi connectivity index (χ2n) is 7.35. The molecular weight excluding hydrogens is 423 g/mol. The van der Waals surface area contributed by atoms with Gasteiger partial charge in [-0.1, -0.05) is 12.1 Å². The molecule has 0 fully saturated rings. The summed E-state index contributed by atoms with van der Waals surface area (Å²) in [6, 6.07) is 9.10. The zero-order chi connectivity index (χ0) is 22.5. The zero-order valence-electron chi connectivity index (χ0n) is 17.1. The van der Waals surface area contributed by atoms with E-state index < -0.39 is 10.2 Å². The van der Waals surface area contributed by atoms with E-state index in [2.05, 4.69) is 4.98 Å². The van der Waals surface area contributed by atoms with E-state index in [1.54, 1.807) is 30.5 Å². The van der Waals surface area contributed by atoms with Gasteiger partial charge in [0.15, 0.2) is 5.75 Å². The summed E-state index contributed by atoms with van der Waals surface area (Å²) in [5.74, 6) is -0.875. The summed E-state index contributed by atoms with van der Waals surface area (Å²) in [6.07, 6.45) is 3.04. The Morgan fingerprint density at radius 3 is 2.39 bits per heavy atom. The maximum atomic E-state index is 13.2. The fourth-order valence-corrected chi connectivity index (χ4v) is 4.53. The molecule has 0 aliphatic heterocycles. The van der Waals surface area contributed by atoms with Crippen molar-refractivity contribution in [3.63, 3.8) is 0 Å². The van der Waals surface area contributed by atoms with E-state index in [-0.39, 0.29) is 40.6 Å². The number of nitrogens with zero attached hydrogens (tertiary/aromatic N) is 4. The Hall–Kier alpha value is -3.37. The first-order valence-corrected chi connectivity index (χ1v) is 10.7. The maximum Gasteiger partial charge on any atom is 0.303 e. The molecule has 2 aromatic heterocycles. The van der Waals surface area contributed by atoms with Gasteiger partial charge in [-0.3, -0.25) is 9.29 Å². The molecule has 162 valence electrons. The van der Waals surface area contributed by atoms with E-state index in [9.17, 15) is 23.0 Å². The number of phenols is 1. The zero-order valence-corrected chi connectivity index (χ0v) is 17.9. The van der Waals surface area contributed by atoms with Gasteiger partial charge in [0.2, 0.25) is 5.88 Å². The number of fused-ring (bicyclic) bond motifs is 2. The third-order valence-corrected chi connectivity index (χ3v) is 7.02. The highest BCUT2D eigenvalue weighted by Gasteiger charge is 2.29. The van der Waals surface area contributed by atoms with Crippen LogP contribution in [0.4, 0.5) is 10.1 Å². The van der Waals surface area contributed by atoms with Crippen molar-refractivity contribution < 1.29 is 23.0 Å². The Bertz CT molecular complexity index is 1400. The smallest absolute Gasteiger partial charge is 0.303 e. The summed E-state index contributed by atoms with van der Waals surface area (Å²) in [6.45, 7) is 0.188. The van der Waals surface area contributed by atoms with Gasteiger partial charge >= 0.3 is 10.2 Å². The van der Waals surface area contributed by atoms with Gasteiger partial charge in [0.1, 0.15) is 11.3 Å². The summed E-state index contributed by atoms with van der Waals surface area (Å²) in [4.78, 5) is 4.20. The third-order valence-electron chi connectivity index (χ3n) is 5.22. The van der Waals surface area contributed by atoms with Gasteiger partial charge in [-0.2, -0.15) is 12.7 Å². The van der Waals surface area contributed by atoms with Crippen molar-refractivity contribution in [1.29, 1.82) is 0 Å². The first-order chi connectivity index (χ1) is 14.6. The SMILES string of the molecule is CN(C)S(=O)(=O)N(C)c1c2cccnc2c(O)c2c(O)n(Cc3ccc(F)cc3)cc12. The lowest BCUT2D eigenvalue weighted by atomic mass is 10.1. The number of aromatic hydroxyl groups is 2. The minimum absolute atomic E-state index is 0.0871. The molecule has 2 aromatic carbocycles. The molecule has 0 spiro atoms. The van der Waals surface area contributed by atoms with Gasteiger partial charge < -0.3 is 14.8 Å². The van der Waals surface area contributed by atoms with Crippen molar-refractivity contribution in [3.05, 3.63) is 60.2 Å². The summed E-state index contributed by atoms with van der Waals surface area (Å²) in [5.41, 5.74) is 1.16. The lowest BCUT2D eigenvalue weighted by molar-refractivity contribution is 0.425. The lowest BCUT2D eigenvalue weighted by Gasteiger charge is -2.25. The summed E-state index contributed by atoms with van der Waals surface area (Å²) in [7, 11) is 0.372. The Morgan fingerprint density at radius 2 is 1.74 bits per heavy atom. The molecule has 0 amide bonds. The van der Waals surface area contributed by atoms with Gasteiger partial charge in [0, 0.05) is 44.3 Å². The normalized spacial score (nSPS) is 12.2. The molecule has 8 nitrogen and oxygen atoms in total. The first-order valence-electron chi connectivity index (χ1n) is 9.35. The van der Waals surface area contributed by atoms with Crippen molar-refractivity contribution in [3.8, 4) is 11.6 Å². The average Bonchev–Trinajstić information content (AvgIpc) is 3.05. The van der Waals surface area contributed by atoms with Gasteiger partial charge in [-0.05, 0) is 29.8 Å². The number of halogens is 1. The molecule has 0 aliphatic carbocycles. The monoisotopic (exact) mass is 444 g/mol. The summed E-state index contributed by atoms with van der Waals surface area (Å²) in [5, 5.41) is 22.6. The van der Waals surface area contributed by atoms with Gasteiger partial charge in [-0.15, -0.1) is 0 Å². The Kier molecular flexibility index (Phi) is 4.98. The minimum atomic E-state index is -3.87. The van der Waals surface area contributed by atoms with Crippen molar-refractivity contribution in [1.82, 2.24) is 13.9 Å². The number of rotatable bonds is 5. The standard InChI is InChI=1S/C21H21FN4O4S/c1-24(2)31(29,30)25(3)19-15-5-4-10-23-18(15)20(27)17-16(19)12-26(21(17)28)11-13-6-8-14(22)9-7-13/h4-10,12,27-28H,11H2,1-3H3. The molecule has 2 N–H and O–H groups in total. The molecule has 0 saturated heterocycles. The van der Waals surface area contributed by atoms with Crippen LogP contribution >= 0.6 is 0 Å². The molecule has 0 bridgehead atoms. The third kappa shape index (κ3) is 3.33. The number of anilines is 1. The number of benzene rings is 2. The highest BCUT2D eigenvalue weighted by atomic mass is 32.2. The van der Waals surface area contributed by atoms with Crippen molar-refractivity contribution >= 4 is 37.6 Å². The molecule has 0 aliphatic rings. The van der Waals surface area contributed by atoms with E-state index in [4.69, 9.17) is 0 Å². The summed E-state index contributed by atoms with van der Waals surface area (Å²) >= 11 is 0. The van der Waals surface area contributed by atoms with Crippen LogP contribution in [0.25, 0.3) is 21.7 Å². The Morgan fingerprint density at radius 1 is 1.06 bits per heavy atom. The van der Waals surface area contributed by atoms with Crippen LogP contribution in [-0.4, -0.2) is 53.6 Å². The van der Waals surface area contributed by atoms with E-state index in [1.807, 2.05) is 0 Å². The van der Waals surface area contributed by atoms with Crippen LogP contribution in [0.15, 0.2) is 48.8 Å². The quantitative estimate of drug-likeness (QED) is 0.493. The average molecular weight is 444 g/mol. The van der Waals surface area contributed by atoms with Crippen LogP contribution in [0.1, 0.15) is 5.56 Å². The highest BCUT2D eigenvalue weighted by molar-refractivity contribution is 7.90. The van der Waals surface area contributed by atoms with E-state index >= 15 is 0 Å². The second kappa shape index (κ2) is 7.40. The predicted molar refractivity (Wildman–Crippen MR) is 117 cm³/mol. The number of pyridine rings is 1. The molecule has 10 heteroatoms. The molecule has 0 unspecified atom stereocenters. The fraction of sp³-hybridized carbons (Fsp3) is 0.190. The van der Waals surface area contributed by atoms with Crippen molar-refractivity contribution in [2.75, 3.05) is 25.4 Å². The lowest BCUT2D eigenvalue weighted by Crippen LogP contribution is -2.37. The fourth-order valence-electron chi connectivity index (χ4n) is 3.61. The number of phenolic OH excluding ortho intramolecular Hbond substituents is 1. The summed E-state index contributed by atoms with van der Waals surface area (Å²) < 4.78 is 42.6. The number of hydrogen-bond donors (Lipinski definition) is 2. The maximum absolute atomic E-state index is 13.2. The topological polar surface area (TPSA) is 98.9 Å². The molecule has 31 heavy (non-hydrogen) atoms. The molecule has 4 aromatic rings. The molecule has 0 radical (unpaired) electrons. The molecule has 0 saturated carbocycles. The van der Waals surface area contributed by atoms with Crippen LogP contribution in [0.3, 0.4) is 0 Å². The molecular formula is C21H21FN4O4S. The predicted octanol–water partition coefficient (Wildman–Crippen LogP) is 3.03. The van der Waals surface area contributed by atoms with Crippen LogP contribution in [-0.2, 0) is 16.8 Å². The molecule has 2 heterocycles. The van der Waals surface area contributed by atoms with E-state index in [0.717, 1.165) is 14.2 Å². The Labute approximate surface area is 178 Å². The van der Waals surface area contributed by atoms with Crippen LogP contribution in [0.2, 0.25) is 0 Å². The largest absolute Gasteiger partial charge is 0.505 e. The van der Waals surface area contributed by atoms with Crippen molar-refractivity contribution in [2.24, 2.45) is 0 Å². The van der Waals surface area contributed by atoms with Crippen LogP contribution in [0, 0.1) is 5.82 Å². The van der Waals surface area contributed by atoms with Crippen molar-refractivity contribution in [2.45, 2.75) is 6.54 Å². The molecule has 4 rings (SSSR count). The Balaban J connectivity index is 2.03. The van der Waals surface area contributed by atoms with Gasteiger partial charge in [0.25, 0.3) is 0 Å². The van der Waals surface area contributed by atoms with Gasteiger partial charge in [0.05, 0.1) is 17.6 Å². The van der Waals surface area contributed by atoms with Crippen LogP contribution in [0.5, 0.6) is 11.6 Å². The van der Waals surface area contributed by atoms with E-state index in [0.29, 0.717) is 10.8 Å². The van der Waals surface area contributed by atoms with Gasteiger partial charge in [-0.25, -0.2) is 4.39 Å². The highest BCUT2D eigenvalue weighted by Crippen LogP contribution is 2.46. The minimum Gasteiger partial charge on any atom is -0.505 e. The van der Waals surface area contributed by atoms with Crippen LogP contribution < -0.4 is 4.31 Å². The first kappa shape index (κ1) is 20.9. The number of aromatic nitrogens is 2. The molecule has 0 atom stereocenters. The second-order valence-corrected chi connectivity index (χ2v) is 9.52. The van der Waals surface area contributed by atoms with E-state index in [1.165, 1.54) is 44.0 Å².